The summed E-state index contributed by atoms with van der Waals surface area (Å²) >= 11 is 0. The van der Waals surface area contributed by atoms with Crippen LogP contribution >= 0.6 is 0 Å². The summed E-state index contributed by atoms with van der Waals surface area (Å²) in [4.78, 5) is 24.0. The lowest BCUT2D eigenvalue weighted by atomic mass is 10.1. The second-order valence-electron chi connectivity index (χ2n) is 6.32. The van der Waals surface area contributed by atoms with E-state index in [1.54, 1.807) is 24.3 Å². The lowest BCUT2D eigenvalue weighted by Crippen LogP contribution is -2.28. The molecule has 0 saturated carbocycles. The molecule has 2 aromatic heterocycles. The molecule has 7 heteroatoms. The van der Waals surface area contributed by atoms with Gasteiger partial charge >= 0.3 is 0 Å². The third kappa shape index (κ3) is 4.77. The number of fused-ring (bicyclic) bond motifs is 1. The molecule has 1 amide bonds. The number of benzene rings is 1. The molecule has 29 heavy (non-hydrogen) atoms. The Hall–Kier alpha value is -3.71. The third-order valence-corrected chi connectivity index (χ3v) is 4.37. The van der Waals surface area contributed by atoms with Gasteiger partial charge in [0.1, 0.15) is 17.8 Å². The van der Waals surface area contributed by atoms with Gasteiger partial charge in [-0.2, -0.15) is 0 Å². The van der Waals surface area contributed by atoms with E-state index in [1.807, 2.05) is 24.3 Å². The second-order valence-corrected chi connectivity index (χ2v) is 6.32. The number of aromatic nitrogens is 3. The molecular weight excluding hydrogens is 364 g/mol. The highest BCUT2D eigenvalue weighted by molar-refractivity contribution is 5.95. The smallest absolute Gasteiger partial charge is 0.251 e. The molecule has 2 heterocycles. The molecule has 0 bridgehead atoms. The average Bonchev–Trinajstić information content (AvgIpc) is 3.20. The highest BCUT2D eigenvalue weighted by Gasteiger charge is 2.10. The van der Waals surface area contributed by atoms with Crippen molar-refractivity contribution in [3.05, 3.63) is 79.2 Å². The summed E-state index contributed by atoms with van der Waals surface area (Å²) in [6, 6.07) is 9.35. The minimum Gasteiger partial charge on any atom is -0.365 e. The summed E-state index contributed by atoms with van der Waals surface area (Å²) in [6.07, 6.45) is 6.91. The first-order valence-corrected chi connectivity index (χ1v) is 9.26. The van der Waals surface area contributed by atoms with E-state index in [0.717, 1.165) is 33.7 Å². The van der Waals surface area contributed by atoms with E-state index < -0.39 is 0 Å². The molecule has 0 radical (unpaired) electrons. The number of hydrogen-bond acceptors (Lipinski definition) is 5. The fourth-order valence-electron chi connectivity index (χ4n) is 2.86. The fraction of sp³-hybridized carbons (Fsp3) is 0.136. The van der Waals surface area contributed by atoms with Gasteiger partial charge in [0.25, 0.3) is 5.91 Å². The fourth-order valence-corrected chi connectivity index (χ4v) is 2.86. The number of hydrogen-bond donors (Lipinski definition) is 4. The molecule has 3 aromatic rings. The van der Waals surface area contributed by atoms with Gasteiger partial charge in [0, 0.05) is 30.9 Å². The zero-order valence-corrected chi connectivity index (χ0v) is 16.1. The van der Waals surface area contributed by atoms with E-state index in [1.165, 1.54) is 6.33 Å². The van der Waals surface area contributed by atoms with Crippen molar-refractivity contribution >= 4 is 22.8 Å². The number of anilines is 1. The van der Waals surface area contributed by atoms with Gasteiger partial charge in [-0.1, -0.05) is 43.5 Å². The molecule has 0 saturated heterocycles. The van der Waals surface area contributed by atoms with Crippen molar-refractivity contribution in [2.24, 2.45) is 5.73 Å². The van der Waals surface area contributed by atoms with Crippen molar-refractivity contribution in [3.63, 3.8) is 0 Å². The standard InChI is InChI=1S/C22H24N6O/c1-3-5-15(4-2)13-25-20-18-12-19(28-21(18)27-14-26-20)16-6-8-17(9-7-16)22(29)24-11-10-23/h3-9,12,14H,1-2,10-11,13,23H2,(H,24,29)(H2,25,26,27,28)/b15-5+. The Labute approximate surface area is 169 Å². The molecule has 0 fully saturated rings. The highest BCUT2D eigenvalue weighted by Crippen LogP contribution is 2.27. The first-order chi connectivity index (χ1) is 14.2. The van der Waals surface area contributed by atoms with Gasteiger partial charge in [-0.05, 0) is 29.3 Å². The Morgan fingerprint density at radius 3 is 2.69 bits per heavy atom. The first kappa shape index (κ1) is 20.0. The van der Waals surface area contributed by atoms with Crippen LogP contribution in [0.5, 0.6) is 0 Å². The predicted octanol–water partition coefficient (Wildman–Crippen LogP) is 3.02. The van der Waals surface area contributed by atoms with Crippen LogP contribution < -0.4 is 16.4 Å². The van der Waals surface area contributed by atoms with Gasteiger partial charge in [-0.3, -0.25) is 4.79 Å². The van der Waals surface area contributed by atoms with Crippen molar-refractivity contribution in [2.75, 3.05) is 25.0 Å². The van der Waals surface area contributed by atoms with Crippen molar-refractivity contribution in [3.8, 4) is 11.3 Å². The molecule has 0 atom stereocenters. The number of nitrogens with two attached hydrogens (primary N) is 1. The maximum atomic E-state index is 12.0. The number of H-pyrrole nitrogens is 1. The van der Waals surface area contributed by atoms with E-state index in [0.29, 0.717) is 25.2 Å². The van der Waals surface area contributed by atoms with Crippen LogP contribution in [0.15, 0.2) is 73.6 Å². The third-order valence-electron chi connectivity index (χ3n) is 4.37. The van der Waals surface area contributed by atoms with Crippen LogP contribution in [0.4, 0.5) is 5.82 Å². The molecule has 0 unspecified atom stereocenters. The molecule has 148 valence electrons. The Bertz CT molecular complexity index is 1050. The maximum absolute atomic E-state index is 12.0. The number of carbonyl (C=O) groups is 1. The van der Waals surface area contributed by atoms with E-state index >= 15 is 0 Å². The largest absolute Gasteiger partial charge is 0.365 e. The van der Waals surface area contributed by atoms with Crippen LogP contribution in [0.3, 0.4) is 0 Å². The minimum atomic E-state index is -0.137. The summed E-state index contributed by atoms with van der Waals surface area (Å²) in [5.74, 6) is 0.591. The summed E-state index contributed by atoms with van der Waals surface area (Å²) in [7, 11) is 0. The predicted molar refractivity (Wildman–Crippen MR) is 118 cm³/mol. The van der Waals surface area contributed by atoms with Gasteiger partial charge in [-0.25, -0.2) is 9.97 Å². The topological polar surface area (TPSA) is 109 Å². The van der Waals surface area contributed by atoms with Gasteiger partial charge in [0.05, 0.1) is 5.39 Å². The molecule has 1 aromatic carbocycles. The maximum Gasteiger partial charge on any atom is 0.251 e. The zero-order chi connectivity index (χ0) is 20.6. The molecule has 0 aliphatic rings. The molecule has 7 nitrogen and oxygen atoms in total. The molecule has 0 spiro atoms. The Balaban J connectivity index is 1.82. The summed E-state index contributed by atoms with van der Waals surface area (Å²) in [5, 5.41) is 6.95. The van der Waals surface area contributed by atoms with E-state index in [4.69, 9.17) is 5.73 Å². The highest BCUT2D eigenvalue weighted by atomic mass is 16.1. The average molecular weight is 388 g/mol. The van der Waals surface area contributed by atoms with Crippen molar-refractivity contribution in [1.29, 1.82) is 0 Å². The SMILES string of the molecule is C=C/C=C(\C=C)CNc1ncnc2[nH]c(-c3ccc(C(=O)NCCN)cc3)cc12. The first-order valence-electron chi connectivity index (χ1n) is 9.26. The van der Waals surface area contributed by atoms with Crippen molar-refractivity contribution in [1.82, 2.24) is 20.3 Å². The summed E-state index contributed by atoms with van der Waals surface area (Å²) in [5.41, 5.74) is 9.58. The zero-order valence-electron chi connectivity index (χ0n) is 16.1. The van der Waals surface area contributed by atoms with E-state index in [9.17, 15) is 4.79 Å². The Morgan fingerprint density at radius 2 is 2.00 bits per heavy atom. The van der Waals surface area contributed by atoms with Gasteiger partial charge < -0.3 is 21.4 Å². The number of allylic oxidation sites excluding steroid dienone is 2. The van der Waals surface area contributed by atoms with Crippen molar-refractivity contribution < 1.29 is 4.79 Å². The van der Waals surface area contributed by atoms with Crippen LogP contribution in [-0.2, 0) is 0 Å². The van der Waals surface area contributed by atoms with Crippen molar-refractivity contribution in [2.45, 2.75) is 0 Å². The number of rotatable bonds is 9. The number of carbonyl (C=O) groups excluding carboxylic acids is 1. The normalized spacial score (nSPS) is 11.3. The number of nitrogens with one attached hydrogen (secondary N) is 3. The van der Waals surface area contributed by atoms with E-state index in [-0.39, 0.29) is 5.91 Å². The summed E-state index contributed by atoms with van der Waals surface area (Å²) in [6.45, 7) is 8.95. The molecular formula is C22H24N6O. The van der Waals surface area contributed by atoms with Gasteiger partial charge in [0.15, 0.2) is 0 Å². The van der Waals surface area contributed by atoms with Gasteiger partial charge in [-0.15, -0.1) is 0 Å². The Kier molecular flexibility index (Phi) is 6.55. The lowest BCUT2D eigenvalue weighted by Gasteiger charge is -2.06. The van der Waals surface area contributed by atoms with Gasteiger partial charge in [0.2, 0.25) is 0 Å². The van der Waals surface area contributed by atoms with E-state index in [2.05, 4.69) is 38.7 Å². The molecule has 5 N–H and O–H groups in total. The number of nitrogens with zero attached hydrogens (tertiary/aromatic N) is 2. The quantitative estimate of drug-likeness (QED) is 0.421. The monoisotopic (exact) mass is 388 g/mol. The van der Waals surface area contributed by atoms with Crippen LogP contribution in [0, 0.1) is 0 Å². The lowest BCUT2D eigenvalue weighted by molar-refractivity contribution is 0.0955. The van der Waals surface area contributed by atoms with Crippen LogP contribution in [0.25, 0.3) is 22.3 Å². The van der Waals surface area contributed by atoms with Crippen LogP contribution in [0.1, 0.15) is 10.4 Å². The van der Waals surface area contributed by atoms with Crippen LogP contribution in [-0.4, -0.2) is 40.5 Å². The van der Waals surface area contributed by atoms with Crippen LogP contribution in [0.2, 0.25) is 0 Å². The number of amides is 1. The minimum absolute atomic E-state index is 0.137. The summed E-state index contributed by atoms with van der Waals surface area (Å²) < 4.78 is 0. The molecule has 0 aliphatic heterocycles. The molecule has 3 rings (SSSR count). The second kappa shape index (κ2) is 9.48. The Morgan fingerprint density at radius 1 is 1.21 bits per heavy atom. The number of aromatic amines is 1. The molecule has 0 aliphatic carbocycles.